The summed E-state index contributed by atoms with van der Waals surface area (Å²) in [6, 6.07) is 8.29. The minimum Gasteiger partial charge on any atom is -0.316 e. The van der Waals surface area contributed by atoms with Crippen LogP contribution in [0.15, 0.2) is 24.3 Å². The summed E-state index contributed by atoms with van der Waals surface area (Å²) in [6.45, 7) is 7.98. The fourth-order valence-corrected chi connectivity index (χ4v) is 4.07. The van der Waals surface area contributed by atoms with E-state index in [-0.39, 0.29) is 11.7 Å². The van der Waals surface area contributed by atoms with Gasteiger partial charge < -0.3 is 5.32 Å². The largest absolute Gasteiger partial charge is 0.316 e. The number of sulfone groups is 1. The average Bonchev–Trinajstić information content (AvgIpc) is 2.43. The van der Waals surface area contributed by atoms with Crippen LogP contribution in [-0.4, -0.2) is 33.0 Å². The number of aryl methyl sites for hydroxylation is 1. The highest BCUT2D eigenvalue weighted by Crippen LogP contribution is 2.23. The van der Waals surface area contributed by atoms with Gasteiger partial charge in [0.25, 0.3) is 0 Å². The second-order valence-electron chi connectivity index (χ2n) is 5.70. The lowest BCUT2D eigenvalue weighted by Crippen LogP contribution is -2.25. The molecular formula is C17H29NO2S. The van der Waals surface area contributed by atoms with Crippen LogP contribution in [0.25, 0.3) is 0 Å². The molecule has 1 aromatic carbocycles. The minimum absolute atomic E-state index is 0.268. The summed E-state index contributed by atoms with van der Waals surface area (Å²) in [5, 5.41) is 3.43. The maximum Gasteiger partial charge on any atom is 0.150 e. The predicted molar refractivity (Wildman–Crippen MR) is 90.6 cm³/mol. The summed E-state index contributed by atoms with van der Waals surface area (Å²) in [6.07, 6.45) is 2.49. The summed E-state index contributed by atoms with van der Waals surface area (Å²) in [5.74, 6) is 0.855. The second-order valence-corrected chi connectivity index (χ2v) is 8.00. The Hall–Kier alpha value is -0.870. The van der Waals surface area contributed by atoms with Crippen molar-refractivity contribution in [1.82, 2.24) is 5.32 Å². The van der Waals surface area contributed by atoms with E-state index in [1.807, 2.05) is 19.1 Å². The molecule has 1 N–H and O–H groups in total. The first-order chi connectivity index (χ1) is 10.00. The zero-order valence-electron chi connectivity index (χ0n) is 13.6. The SMILES string of the molecule is CCCNCC(CCS(=O)(=O)CCC)c1ccccc1C. The summed E-state index contributed by atoms with van der Waals surface area (Å²) in [4.78, 5) is 0. The highest BCUT2D eigenvalue weighted by Gasteiger charge is 2.17. The van der Waals surface area contributed by atoms with Crippen LogP contribution in [0.5, 0.6) is 0 Å². The van der Waals surface area contributed by atoms with Gasteiger partial charge >= 0.3 is 0 Å². The van der Waals surface area contributed by atoms with Crippen molar-refractivity contribution in [2.45, 2.75) is 46.0 Å². The fourth-order valence-electron chi connectivity index (χ4n) is 2.60. The first kappa shape index (κ1) is 18.2. The Morgan fingerprint density at radius 3 is 2.43 bits per heavy atom. The van der Waals surface area contributed by atoms with Crippen molar-refractivity contribution in [1.29, 1.82) is 0 Å². The van der Waals surface area contributed by atoms with E-state index in [4.69, 9.17) is 0 Å². The smallest absolute Gasteiger partial charge is 0.150 e. The van der Waals surface area contributed by atoms with E-state index in [0.29, 0.717) is 18.6 Å². The number of nitrogens with one attached hydrogen (secondary N) is 1. The molecule has 4 heteroatoms. The summed E-state index contributed by atoms with van der Waals surface area (Å²) >= 11 is 0. The van der Waals surface area contributed by atoms with E-state index >= 15 is 0 Å². The van der Waals surface area contributed by atoms with Crippen molar-refractivity contribution in [3.8, 4) is 0 Å². The van der Waals surface area contributed by atoms with Crippen molar-refractivity contribution in [3.63, 3.8) is 0 Å². The molecule has 0 saturated carbocycles. The van der Waals surface area contributed by atoms with Gasteiger partial charge in [0.2, 0.25) is 0 Å². The van der Waals surface area contributed by atoms with Gasteiger partial charge in [0.15, 0.2) is 0 Å². The van der Waals surface area contributed by atoms with E-state index in [2.05, 4.69) is 31.3 Å². The van der Waals surface area contributed by atoms with Crippen LogP contribution in [0.2, 0.25) is 0 Å². The molecule has 0 aromatic heterocycles. The molecule has 1 rings (SSSR count). The highest BCUT2D eigenvalue weighted by atomic mass is 32.2. The summed E-state index contributed by atoms with van der Waals surface area (Å²) < 4.78 is 23.9. The molecular weight excluding hydrogens is 282 g/mol. The molecule has 3 nitrogen and oxygen atoms in total. The Labute approximate surface area is 130 Å². The quantitative estimate of drug-likeness (QED) is 0.674. The van der Waals surface area contributed by atoms with Gasteiger partial charge in [-0.3, -0.25) is 0 Å². The number of benzene rings is 1. The Morgan fingerprint density at radius 2 is 1.81 bits per heavy atom. The zero-order valence-corrected chi connectivity index (χ0v) is 14.4. The highest BCUT2D eigenvalue weighted by molar-refractivity contribution is 7.91. The third kappa shape index (κ3) is 6.62. The van der Waals surface area contributed by atoms with Crippen molar-refractivity contribution in [3.05, 3.63) is 35.4 Å². The van der Waals surface area contributed by atoms with Gasteiger partial charge in [-0.15, -0.1) is 0 Å². The van der Waals surface area contributed by atoms with Crippen LogP contribution < -0.4 is 5.32 Å². The molecule has 0 heterocycles. The summed E-state index contributed by atoms with van der Waals surface area (Å²) in [7, 11) is -2.91. The standard InChI is InChI=1S/C17H29NO2S/c1-4-11-18-14-16(10-13-21(19,20)12-5-2)17-9-7-6-8-15(17)3/h6-9,16,18H,4-5,10-14H2,1-3H3. The van der Waals surface area contributed by atoms with Crippen molar-refractivity contribution >= 4 is 9.84 Å². The Morgan fingerprint density at radius 1 is 1.10 bits per heavy atom. The minimum atomic E-state index is -2.91. The molecule has 1 atom stereocenters. The molecule has 0 aliphatic rings. The van der Waals surface area contributed by atoms with Gasteiger partial charge in [-0.2, -0.15) is 0 Å². The van der Waals surface area contributed by atoms with Crippen LogP contribution in [0, 0.1) is 6.92 Å². The van der Waals surface area contributed by atoms with Crippen molar-refractivity contribution in [2.24, 2.45) is 0 Å². The lowest BCUT2D eigenvalue weighted by Gasteiger charge is -2.20. The van der Waals surface area contributed by atoms with E-state index in [1.165, 1.54) is 11.1 Å². The lowest BCUT2D eigenvalue weighted by molar-refractivity contribution is 0.552. The van der Waals surface area contributed by atoms with E-state index in [1.54, 1.807) is 0 Å². The number of hydrogen-bond acceptors (Lipinski definition) is 3. The maximum absolute atomic E-state index is 12.0. The third-order valence-electron chi connectivity index (χ3n) is 3.74. The van der Waals surface area contributed by atoms with Gasteiger partial charge in [0.05, 0.1) is 5.75 Å². The van der Waals surface area contributed by atoms with Crippen molar-refractivity contribution in [2.75, 3.05) is 24.6 Å². The normalized spacial score (nSPS) is 13.3. The lowest BCUT2D eigenvalue weighted by atomic mass is 9.92. The van der Waals surface area contributed by atoms with Crippen LogP contribution >= 0.6 is 0 Å². The third-order valence-corrected chi connectivity index (χ3v) is 5.63. The molecule has 120 valence electrons. The van der Waals surface area contributed by atoms with Crippen LogP contribution in [0.1, 0.15) is 50.2 Å². The summed E-state index contributed by atoms with van der Waals surface area (Å²) in [5.41, 5.74) is 2.52. The Kier molecular flexibility index (Phi) is 7.97. The maximum atomic E-state index is 12.0. The van der Waals surface area contributed by atoms with Gasteiger partial charge in [-0.25, -0.2) is 8.42 Å². The fraction of sp³-hybridized carbons (Fsp3) is 0.647. The van der Waals surface area contributed by atoms with E-state index < -0.39 is 9.84 Å². The van der Waals surface area contributed by atoms with Crippen LogP contribution in [0.3, 0.4) is 0 Å². The molecule has 0 bridgehead atoms. The van der Waals surface area contributed by atoms with Gasteiger partial charge in [-0.05, 0) is 49.8 Å². The van der Waals surface area contributed by atoms with Crippen LogP contribution in [-0.2, 0) is 9.84 Å². The molecule has 0 amide bonds. The van der Waals surface area contributed by atoms with Crippen molar-refractivity contribution < 1.29 is 8.42 Å². The van der Waals surface area contributed by atoms with E-state index in [0.717, 1.165) is 19.5 Å². The van der Waals surface area contributed by atoms with E-state index in [9.17, 15) is 8.42 Å². The topological polar surface area (TPSA) is 46.2 Å². The Balaban J connectivity index is 2.76. The number of rotatable bonds is 10. The molecule has 0 aliphatic carbocycles. The Bertz CT molecular complexity index is 511. The molecule has 21 heavy (non-hydrogen) atoms. The monoisotopic (exact) mass is 311 g/mol. The van der Waals surface area contributed by atoms with Gasteiger partial charge in [-0.1, -0.05) is 38.1 Å². The van der Waals surface area contributed by atoms with Gasteiger partial charge in [0.1, 0.15) is 9.84 Å². The zero-order chi connectivity index (χ0) is 15.7. The van der Waals surface area contributed by atoms with Gasteiger partial charge in [0, 0.05) is 12.3 Å². The predicted octanol–water partition coefficient (Wildman–Crippen LogP) is 3.29. The second kappa shape index (κ2) is 9.21. The first-order valence-corrected chi connectivity index (χ1v) is 9.79. The van der Waals surface area contributed by atoms with Crippen LogP contribution in [0.4, 0.5) is 0 Å². The molecule has 1 aromatic rings. The molecule has 1 unspecified atom stereocenters. The molecule has 0 radical (unpaired) electrons. The molecule has 0 fully saturated rings. The molecule has 0 saturated heterocycles. The molecule has 0 aliphatic heterocycles. The first-order valence-electron chi connectivity index (χ1n) is 7.96. The number of hydrogen-bond donors (Lipinski definition) is 1. The average molecular weight is 311 g/mol. The molecule has 0 spiro atoms.